The molecule has 0 aliphatic heterocycles. The number of nitrogens with one attached hydrogen (secondary N) is 1. The number of rotatable bonds is 4. The van der Waals surface area contributed by atoms with Crippen LogP contribution in [0.4, 0.5) is 5.13 Å². The summed E-state index contributed by atoms with van der Waals surface area (Å²) in [5.41, 5.74) is 0. The predicted molar refractivity (Wildman–Crippen MR) is 64.6 cm³/mol. The van der Waals surface area contributed by atoms with Crippen molar-refractivity contribution in [3.05, 3.63) is 34.7 Å². The summed E-state index contributed by atoms with van der Waals surface area (Å²) >= 11 is 1.11. The lowest BCUT2D eigenvalue weighted by Crippen LogP contribution is -2.04. The van der Waals surface area contributed by atoms with Crippen LogP contribution in [0.25, 0.3) is 0 Å². The van der Waals surface area contributed by atoms with E-state index < -0.39 is 5.97 Å². The SMILES string of the molecule is Cc1ccc(C(C)Nc2ncc(C(=O)O)s2)o1. The quantitative estimate of drug-likeness (QED) is 0.875. The standard InChI is InChI=1S/C11H12N2O3S/c1-6-3-4-8(16-6)7(2)13-11-12-5-9(17-11)10(14)15/h3-5,7H,1-2H3,(H,12,13)(H,14,15). The molecule has 0 bridgehead atoms. The topological polar surface area (TPSA) is 75.4 Å². The number of thiazole rings is 1. The lowest BCUT2D eigenvalue weighted by Gasteiger charge is -2.09. The van der Waals surface area contributed by atoms with Gasteiger partial charge >= 0.3 is 5.97 Å². The maximum absolute atomic E-state index is 10.7. The Balaban J connectivity index is 2.07. The van der Waals surface area contributed by atoms with Crippen molar-refractivity contribution in [1.82, 2.24) is 4.98 Å². The van der Waals surface area contributed by atoms with Gasteiger partial charge in [0.1, 0.15) is 16.4 Å². The van der Waals surface area contributed by atoms with Crippen LogP contribution in [-0.4, -0.2) is 16.1 Å². The summed E-state index contributed by atoms with van der Waals surface area (Å²) in [6, 6.07) is 3.73. The maximum Gasteiger partial charge on any atom is 0.347 e. The molecule has 1 atom stereocenters. The zero-order valence-corrected chi connectivity index (χ0v) is 10.2. The van der Waals surface area contributed by atoms with Crippen molar-refractivity contribution < 1.29 is 14.3 Å². The van der Waals surface area contributed by atoms with E-state index in [0.29, 0.717) is 5.13 Å². The van der Waals surface area contributed by atoms with Crippen LogP contribution in [0.15, 0.2) is 22.7 Å². The van der Waals surface area contributed by atoms with Crippen LogP contribution < -0.4 is 5.32 Å². The molecule has 0 fully saturated rings. The van der Waals surface area contributed by atoms with Gasteiger partial charge in [-0.25, -0.2) is 9.78 Å². The van der Waals surface area contributed by atoms with E-state index in [0.717, 1.165) is 22.9 Å². The maximum atomic E-state index is 10.7. The second kappa shape index (κ2) is 4.58. The number of aromatic nitrogens is 1. The minimum atomic E-state index is -0.961. The molecular formula is C11H12N2O3S. The number of carbonyl (C=O) groups is 1. The van der Waals surface area contributed by atoms with Crippen LogP contribution in [0, 0.1) is 6.92 Å². The molecule has 0 aliphatic rings. The fourth-order valence-corrected chi connectivity index (χ4v) is 2.12. The number of aromatic carboxylic acids is 1. The molecule has 2 rings (SSSR count). The Morgan fingerprint density at radius 3 is 2.88 bits per heavy atom. The van der Waals surface area contributed by atoms with E-state index in [4.69, 9.17) is 9.52 Å². The van der Waals surface area contributed by atoms with Gasteiger partial charge < -0.3 is 14.8 Å². The lowest BCUT2D eigenvalue weighted by atomic mass is 10.2. The van der Waals surface area contributed by atoms with Crippen molar-refractivity contribution in [2.24, 2.45) is 0 Å². The third-order valence-electron chi connectivity index (χ3n) is 2.24. The van der Waals surface area contributed by atoms with E-state index in [9.17, 15) is 4.79 Å². The summed E-state index contributed by atoms with van der Waals surface area (Å²) in [5.74, 6) is 0.686. The van der Waals surface area contributed by atoms with Gasteiger partial charge in [-0.15, -0.1) is 0 Å². The average molecular weight is 252 g/mol. The first-order valence-electron chi connectivity index (χ1n) is 5.08. The Morgan fingerprint density at radius 2 is 2.35 bits per heavy atom. The third-order valence-corrected chi connectivity index (χ3v) is 3.16. The highest BCUT2D eigenvalue weighted by Crippen LogP contribution is 2.24. The van der Waals surface area contributed by atoms with E-state index in [-0.39, 0.29) is 10.9 Å². The molecule has 2 aromatic heterocycles. The third kappa shape index (κ3) is 2.65. The number of nitrogens with zero attached hydrogens (tertiary/aromatic N) is 1. The molecule has 17 heavy (non-hydrogen) atoms. The molecule has 0 aromatic carbocycles. The number of hydrogen-bond acceptors (Lipinski definition) is 5. The predicted octanol–water partition coefficient (Wildman–Crippen LogP) is 2.92. The van der Waals surface area contributed by atoms with Gasteiger partial charge in [0, 0.05) is 0 Å². The summed E-state index contributed by atoms with van der Waals surface area (Å²) in [6.45, 7) is 3.81. The number of aryl methyl sites for hydroxylation is 1. The molecule has 0 amide bonds. The van der Waals surface area contributed by atoms with Gasteiger partial charge in [0.05, 0.1) is 12.2 Å². The van der Waals surface area contributed by atoms with Crippen molar-refractivity contribution in [2.45, 2.75) is 19.9 Å². The number of carboxylic acid groups (broad SMARTS) is 1. The molecule has 0 saturated carbocycles. The van der Waals surface area contributed by atoms with Gasteiger partial charge in [0.25, 0.3) is 0 Å². The van der Waals surface area contributed by atoms with Crippen LogP contribution in [0.3, 0.4) is 0 Å². The first kappa shape index (κ1) is 11.7. The van der Waals surface area contributed by atoms with Crippen molar-refractivity contribution in [3.63, 3.8) is 0 Å². The lowest BCUT2D eigenvalue weighted by molar-refractivity contribution is 0.0702. The fourth-order valence-electron chi connectivity index (χ4n) is 1.38. The monoisotopic (exact) mass is 252 g/mol. The van der Waals surface area contributed by atoms with Crippen LogP contribution in [-0.2, 0) is 0 Å². The molecule has 90 valence electrons. The molecule has 1 unspecified atom stereocenters. The molecule has 2 heterocycles. The molecule has 2 N–H and O–H groups in total. The van der Waals surface area contributed by atoms with Gasteiger partial charge in [-0.3, -0.25) is 0 Å². The summed E-state index contributed by atoms with van der Waals surface area (Å²) in [6.07, 6.45) is 1.34. The highest BCUT2D eigenvalue weighted by Gasteiger charge is 2.13. The van der Waals surface area contributed by atoms with Gasteiger partial charge in [-0.05, 0) is 26.0 Å². The highest BCUT2D eigenvalue weighted by atomic mass is 32.1. The molecular weight excluding hydrogens is 240 g/mol. The summed E-state index contributed by atoms with van der Waals surface area (Å²) in [5, 5.41) is 12.4. The number of hydrogen-bond donors (Lipinski definition) is 2. The van der Waals surface area contributed by atoms with E-state index in [1.807, 2.05) is 26.0 Å². The largest absolute Gasteiger partial charge is 0.477 e. The Hall–Kier alpha value is -1.82. The molecule has 0 radical (unpaired) electrons. The highest BCUT2D eigenvalue weighted by molar-refractivity contribution is 7.17. The van der Waals surface area contributed by atoms with Crippen molar-refractivity contribution in [3.8, 4) is 0 Å². The smallest absolute Gasteiger partial charge is 0.347 e. The van der Waals surface area contributed by atoms with Crippen molar-refractivity contribution >= 4 is 22.4 Å². The number of carboxylic acids is 1. The van der Waals surface area contributed by atoms with E-state index >= 15 is 0 Å². The fraction of sp³-hybridized carbons (Fsp3) is 0.273. The Bertz CT molecular complexity index is 532. The molecule has 0 saturated heterocycles. The van der Waals surface area contributed by atoms with Crippen LogP contribution in [0.1, 0.15) is 34.2 Å². The van der Waals surface area contributed by atoms with Gasteiger partial charge in [-0.2, -0.15) is 0 Å². The van der Waals surface area contributed by atoms with Crippen molar-refractivity contribution in [1.29, 1.82) is 0 Å². The van der Waals surface area contributed by atoms with Crippen LogP contribution in [0.2, 0.25) is 0 Å². The van der Waals surface area contributed by atoms with Gasteiger partial charge in [0.2, 0.25) is 0 Å². The molecule has 0 spiro atoms. The molecule has 6 heteroatoms. The second-order valence-corrected chi connectivity index (χ2v) is 4.68. The van der Waals surface area contributed by atoms with E-state index in [1.54, 1.807) is 0 Å². The minimum absolute atomic E-state index is 0.0449. The van der Waals surface area contributed by atoms with Crippen LogP contribution >= 0.6 is 11.3 Å². The minimum Gasteiger partial charge on any atom is -0.477 e. The normalized spacial score (nSPS) is 12.4. The number of anilines is 1. The van der Waals surface area contributed by atoms with Gasteiger partial charge in [0.15, 0.2) is 5.13 Å². The first-order chi connectivity index (χ1) is 8.06. The summed E-state index contributed by atoms with van der Waals surface area (Å²) in [4.78, 5) is 14.9. The second-order valence-electron chi connectivity index (χ2n) is 3.65. The zero-order valence-electron chi connectivity index (χ0n) is 9.43. The molecule has 0 aliphatic carbocycles. The molecule has 5 nitrogen and oxygen atoms in total. The molecule has 2 aromatic rings. The Labute approximate surface area is 102 Å². The van der Waals surface area contributed by atoms with Gasteiger partial charge in [-0.1, -0.05) is 11.3 Å². The zero-order chi connectivity index (χ0) is 12.4. The summed E-state index contributed by atoms with van der Waals surface area (Å²) in [7, 11) is 0. The summed E-state index contributed by atoms with van der Waals surface area (Å²) < 4.78 is 5.47. The Morgan fingerprint density at radius 1 is 1.59 bits per heavy atom. The van der Waals surface area contributed by atoms with Crippen molar-refractivity contribution in [2.75, 3.05) is 5.32 Å². The van der Waals surface area contributed by atoms with E-state index in [2.05, 4.69) is 10.3 Å². The van der Waals surface area contributed by atoms with E-state index in [1.165, 1.54) is 6.20 Å². The van der Waals surface area contributed by atoms with Crippen LogP contribution in [0.5, 0.6) is 0 Å². The Kier molecular flexibility index (Phi) is 3.14. The number of furan rings is 1. The average Bonchev–Trinajstić information content (AvgIpc) is 2.86. The first-order valence-corrected chi connectivity index (χ1v) is 5.90.